The Morgan fingerprint density at radius 2 is 2.35 bits per heavy atom. The highest BCUT2D eigenvalue weighted by Gasteiger charge is 2.25. The number of aromatic nitrogens is 2. The van der Waals surface area contributed by atoms with Gasteiger partial charge in [-0.2, -0.15) is 0 Å². The Kier molecular flexibility index (Phi) is 3.61. The Balaban J connectivity index is 1.89. The zero-order chi connectivity index (χ0) is 14.1. The van der Waals surface area contributed by atoms with Crippen LogP contribution in [-0.2, 0) is 0 Å². The second kappa shape index (κ2) is 5.40. The SMILES string of the molecule is CCC(C)Nc1nc(-c2cccn(C3CC3)c2=O)cs1. The van der Waals surface area contributed by atoms with Gasteiger partial charge in [-0.05, 0) is 38.3 Å². The third-order valence-corrected chi connectivity index (χ3v) is 4.45. The Hall–Kier alpha value is -1.62. The lowest BCUT2D eigenvalue weighted by Crippen LogP contribution is -2.19. The molecule has 4 nitrogen and oxygen atoms in total. The van der Waals surface area contributed by atoms with Gasteiger partial charge in [0.25, 0.3) is 5.56 Å². The van der Waals surface area contributed by atoms with Gasteiger partial charge in [-0.1, -0.05) is 6.92 Å². The molecule has 106 valence electrons. The second-order valence-corrected chi connectivity index (χ2v) is 6.22. The average Bonchev–Trinajstić information content (AvgIpc) is 3.19. The van der Waals surface area contributed by atoms with Crippen LogP contribution in [0.25, 0.3) is 11.3 Å². The Bertz CT molecular complexity index is 657. The third kappa shape index (κ3) is 2.63. The van der Waals surface area contributed by atoms with Crippen molar-refractivity contribution in [1.82, 2.24) is 9.55 Å². The van der Waals surface area contributed by atoms with Crippen LogP contribution < -0.4 is 10.9 Å². The molecule has 1 N–H and O–H groups in total. The lowest BCUT2D eigenvalue weighted by molar-refractivity contribution is 0.709. The monoisotopic (exact) mass is 289 g/mol. The van der Waals surface area contributed by atoms with E-state index in [1.807, 2.05) is 28.3 Å². The Morgan fingerprint density at radius 3 is 3.05 bits per heavy atom. The van der Waals surface area contributed by atoms with Crippen LogP contribution >= 0.6 is 11.3 Å². The molecular formula is C15H19N3OS. The van der Waals surface area contributed by atoms with E-state index >= 15 is 0 Å². The molecule has 0 spiro atoms. The summed E-state index contributed by atoms with van der Waals surface area (Å²) in [4.78, 5) is 17.0. The highest BCUT2D eigenvalue weighted by molar-refractivity contribution is 7.14. The minimum atomic E-state index is 0.0791. The van der Waals surface area contributed by atoms with Crippen LogP contribution in [0, 0.1) is 0 Å². The van der Waals surface area contributed by atoms with Crippen LogP contribution in [0.4, 0.5) is 5.13 Å². The van der Waals surface area contributed by atoms with E-state index in [1.54, 1.807) is 11.3 Å². The number of hydrogen-bond donors (Lipinski definition) is 1. The van der Waals surface area contributed by atoms with Crippen LogP contribution in [-0.4, -0.2) is 15.6 Å². The number of nitrogens with one attached hydrogen (secondary N) is 1. The summed E-state index contributed by atoms with van der Waals surface area (Å²) in [5.74, 6) is 0. The van der Waals surface area contributed by atoms with E-state index in [4.69, 9.17) is 0 Å². The molecule has 0 bridgehead atoms. The van der Waals surface area contributed by atoms with E-state index in [1.165, 1.54) is 0 Å². The van der Waals surface area contributed by atoms with E-state index in [-0.39, 0.29) is 5.56 Å². The fourth-order valence-corrected chi connectivity index (χ4v) is 2.95. The molecule has 1 fully saturated rings. The number of thiazole rings is 1. The summed E-state index contributed by atoms with van der Waals surface area (Å²) in [6.07, 6.45) is 5.16. The second-order valence-electron chi connectivity index (χ2n) is 5.36. The van der Waals surface area contributed by atoms with Gasteiger partial charge in [0, 0.05) is 23.7 Å². The van der Waals surface area contributed by atoms with Crippen LogP contribution in [0.15, 0.2) is 28.5 Å². The van der Waals surface area contributed by atoms with Gasteiger partial charge < -0.3 is 9.88 Å². The maximum atomic E-state index is 12.4. The summed E-state index contributed by atoms with van der Waals surface area (Å²) in [6, 6.07) is 4.60. The third-order valence-electron chi connectivity index (χ3n) is 3.68. The van der Waals surface area contributed by atoms with Gasteiger partial charge in [0.2, 0.25) is 0 Å². The van der Waals surface area contributed by atoms with E-state index in [0.29, 0.717) is 17.6 Å². The molecule has 0 radical (unpaired) electrons. The van der Waals surface area contributed by atoms with Crippen LogP contribution in [0.3, 0.4) is 0 Å². The highest BCUT2D eigenvalue weighted by Crippen LogP contribution is 2.34. The van der Waals surface area contributed by atoms with Crippen molar-refractivity contribution in [2.45, 2.75) is 45.2 Å². The van der Waals surface area contributed by atoms with Crippen LogP contribution in [0.5, 0.6) is 0 Å². The number of pyridine rings is 1. The van der Waals surface area contributed by atoms with E-state index < -0.39 is 0 Å². The van der Waals surface area contributed by atoms with Gasteiger partial charge in [-0.25, -0.2) is 4.98 Å². The molecule has 1 aliphatic rings. The number of rotatable bonds is 5. The fourth-order valence-electron chi connectivity index (χ4n) is 2.12. The fraction of sp³-hybridized carbons (Fsp3) is 0.467. The van der Waals surface area contributed by atoms with Crippen LogP contribution in [0.1, 0.15) is 39.2 Å². The van der Waals surface area contributed by atoms with Crippen molar-refractivity contribution in [3.63, 3.8) is 0 Å². The van der Waals surface area contributed by atoms with Crippen molar-refractivity contribution >= 4 is 16.5 Å². The van der Waals surface area contributed by atoms with Crippen molar-refractivity contribution in [2.24, 2.45) is 0 Å². The molecule has 2 aromatic heterocycles. The lowest BCUT2D eigenvalue weighted by Gasteiger charge is -2.08. The topological polar surface area (TPSA) is 46.9 Å². The van der Waals surface area contributed by atoms with Gasteiger partial charge in [0.1, 0.15) is 0 Å². The molecule has 5 heteroatoms. The van der Waals surface area contributed by atoms with Crippen LogP contribution in [0.2, 0.25) is 0 Å². The molecule has 20 heavy (non-hydrogen) atoms. The standard InChI is InChI=1S/C15H19N3OS/c1-3-10(2)16-15-17-13(9-20-15)12-5-4-8-18(14(12)19)11-6-7-11/h4-5,8-11H,3,6-7H2,1-2H3,(H,16,17). The maximum Gasteiger partial charge on any atom is 0.260 e. The summed E-state index contributed by atoms with van der Waals surface area (Å²) in [5, 5.41) is 6.19. The largest absolute Gasteiger partial charge is 0.359 e. The van der Waals surface area contributed by atoms with Crippen molar-refractivity contribution < 1.29 is 0 Å². The molecule has 1 aliphatic carbocycles. The number of anilines is 1. The molecular weight excluding hydrogens is 270 g/mol. The van der Waals surface area contributed by atoms with Crippen molar-refractivity contribution in [2.75, 3.05) is 5.32 Å². The number of hydrogen-bond acceptors (Lipinski definition) is 4. The minimum Gasteiger partial charge on any atom is -0.359 e. The molecule has 1 unspecified atom stereocenters. The molecule has 1 atom stereocenters. The van der Waals surface area contributed by atoms with E-state index in [2.05, 4.69) is 24.1 Å². The van der Waals surface area contributed by atoms with Gasteiger partial charge in [-0.15, -0.1) is 11.3 Å². The quantitative estimate of drug-likeness (QED) is 0.916. The van der Waals surface area contributed by atoms with Gasteiger partial charge in [0.15, 0.2) is 5.13 Å². The first-order valence-corrected chi connectivity index (χ1v) is 8.00. The summed E-state index contributed by atoms with van der Waals surface area (Å²) < 4.78 is 1.84. The Morgan fingerprint density at radius 1 is 1.55 bits per heavy atom. The van der Waals surface area contributed by atoms with Gasteiger partial charge in [-0.3, -0.25) is 4.79 Å². The molecule has 0 saturated heterocycles. The zero-order valence-electron chi connectivity index (χ0n) is 11.8. The van der Waals surface area contributed by atoms with E-state index in [0.717, 1.165) is 30.1 Å². The molecule has 0 aliphatic heterocycles. The maximum absolute atomic E-state index is 12.4. The zero-order valence-corrected chi connectivity index (χ0v) is 12.6. The summed E-state index contributed by atoms with van der Waals surface area (Å²) in [5.41, 5.74) is 1.56. The van der Waals surface area contributed by atoms with Crippen molar-refractivity contribution in [3.05, 3.63) is 34.1 Å². The molecule has 2 aromatic rings. The molecule has 1 saturated carbocycles. The van der Waals surface area contributed by atoms with Gasteiger partial charge in [0.05, 0.1) is 11.3 Å². The summed E-state index contributed by atoms with van der Waals surface area (Å²) in [6.45, 7) is 4.27. The van der Waals surface area contributed by atoms with Crippen molar-refractivity contribution in [3.8, 4) is 11.3 Å². The average molecular weight is 289 g/mol. The normalized spacial score (nSPS) is 16.1. The summed E-state index contributed by atoms with van der Waals surface area (Å²) in [7, 11) is 0. The first-order chi connectivity index (χ1) is 9.69. The molecule has 0 aromatic carbocycles. The Labute approximate surface area is 122 Å². The predicted molar refractivity (Wildman–Crippen MR) is 83.5 cm³/mol. The highest BCUT2D eigenvalue weighted by atomic mass is 32.1. The molecule has 3 rings (SSSR count). The minimum absolute atomic E-state index is 0.0791. The first-order valence-electron chi connectivity index (χ1n) is 7.12. The molecule has 2 heterocycles. The first kappa shape index (κ1) is 13.4. The summed E-state index contributed by atoms with van der Waals surface area (Å²) >= 11 is 1.56. The predicted octanol–water partition coefficient (Wildman–Crippen LogP) is 3.52. The lowest BCUT2D eigenvalue weighted by atomic mass is 10.2. The van der Waals surface area contributed by atoms with Gasteiger partial charge >= 0.3 is 0 Å². The number of nitrogens with zero attached hydrogens (tertiary/aromatic N) is 2. The van der Waals surface area contributed by atoms with Crippen molar-refractivity contribution in [1.29, 1.82) is 0 Å². The smallest absolute Gasteiger partial charge is 0.260 e. The van der Waals surface area contributed by atoms with E-state index in [9.17, 15) is 4.79 Å². The molecule has 0 amide bonds.